The van der Waals surface area contributed by atoms with Crippen molar-refractivity contribution in [1.29, 1.82) is 0 Å². The lowest BCUT2D eigenvalue weighted by atomic mass is 10.0. The van der Waals surface area contributed by atoms with Gasteiger partial charge in [-0.2, -0.15) is 0 Å². The fourth-order valence-electron chi connectivity index (χ4n) is 3.11. The molecule has 0 fully saturated rings. The highest BCUT2D eigenvalue weighted by molar-refractivity contribution is 6.07. The van der Waals surface area contributed by atoms with Gasteiger partial charge >= 0.3 is 0 Å². The molecular formula is C29H38O4. The van der Waals surface area contributed by atoms with E-state index < -0.39 is 5.60 Å². The normalized spacial score (nSPS) is 12.0. The number of benzene rings is 2. The zero-order chi connectivity index (χ0) is 24.6. The molecule has 0 saturated heterocycles. The Morgan fingerprint density at radius 1 is 0.939 bits per heavy atom. The Balaban J connectivity index is 2.39. The van der Waals surface area contributed by atoms with Crippen LogP contribution in [0.15, 0.2) is 55.1 Å². The van der Waals surface area contributed by atoms with Crippen molar-refractivity contribution < 1.29 is 19.0 Å². The van der Waals surface area contributed by atoms with Crippen LogP contribution in [0.1, 0.15) is 76.4 Å². The van der Waals surface area contributed by atoms with Crippen LogP contribution in [0.25, 0.3) is 6.08 Å². The van der Waals surface area contributed by atoms with Gasteiger partial charge in [0.25, 0.3) is 0 Å². The first-order chi connectivity index (χ1) is 15.4. The standard InChI is InChI=1S/C29H38O4/c1-9-11-22-19-23(27(33-29(6,7)8)20-26(22)32-28(3,4)5)14-17-25(30)21-12-15-24(16-13-21)31-18-10-2/h9,12-17,19-20H,1,10-11,18H2,2-8H3/b17-14-. The van der Waals surface area contributed by atoms with Crippen LogP contribution in [0.2, 0.25) is 0 Å². The SMILES string of the molecule is C=CCc1cc(/C=C\C(=O)c2ccc(OCCC)cc2)c(OC(C)(C)C)cc1OC(C)(C)C. The molecule has 178 valence electrons. The summed E-state index contributed by atoms with van der Waals surface area (Å²) in [7, 11) is 0. The first-order valence-corrected chi connectivity index (χ1v) is 11.5. The topological polar surface area (TPSA) is 44.8 Å². The van der Waals surface area contributed by atoms with Gasteiger partial charge in [0.2, 0.25) is 0 Å². The molecule has 4 nitrogen and oxygen atoms in total. The van der Waals surface area contributed by atoms with Gasteiger partial charge in [-0.05, 0) is 102 Å². The van der Waals surface area contributed by atoms with Crippen LogP contribution in [0.4, 0.5) is 0 Å². The van der Waals surface area contributed by atoms with Crippen LogP contribution >= 0.6 is 0 Å². The maximum absolute atomic E-state index is 12.8. The lowest BCUT2D eigenvalue weighted by Gasteiger charge is -2.27. The van der Waals surface area contributed by atoms with Gasteiger partial charge in [-0.1, -0.05) is 13.0 Å². The van der Waals surface area contributed by atoms with E-state index in [2.05, 4.69) is 13.5 Å². The van der Waals surface area contributed by atoms with Gasteiger partial charge < -0.3 is 14.2 Å². The van der Waals surface area contributed by atoms with Crippen LogP contribution in [-0.2, 0) is 6.42 Å². The van der Waals surface area contributed by atoms with Crippen molar-refractivity contribution in [3.8, 4) is 17.2 Å². The van der Waals surface area contributed by atoms with Gasteiger partial charge in [-0.15, -0.1) is 6.58 Å². The van der Waals surface area contributed by atoms with E-state index in [1.54, 1.807) is 24.3 Å². The number of ketones is 1. The Morgan fingerprint density at radius 3 is 2.09 bits per heavy atom. The van der Waals surface area contributed by atoms with Gasteiger partial charge in [0.05, 0.1) is 6.61 Å². The molecule has 0 bridgehead atoms. The van der Waals surface area contributed by atoms with E-state index in [0.29, 0.717) is 24.3 Å². The lowest BCUT2D eigenvalue weighted by Crippen LogP contribution is -2.25. The fourth-order valence-corrected chi connectivity index (χ4v) is 3.11. The molecule has 0 N–H and O–H groups in total. The Kier molecular flexibility index (Phi) is 8.92. The largest absolute Gasteiger partial charge is 0.494 e. The number of hydrogen-bond donors (Lipinski definition) is 0. The minimum atomic E-state index is -0.403. The highest BCUT2D eigenvalue weighted by Gasteiger charge is 2.20. The van der Waals surface area contributed by atoms with Gasteiger partial charge in [0, 0.05) is 17.2 Å². The van der Waals surface area contributed by atoms with Gasteiger partial charge in [-0.25, -0.2) is 0 Å². The molecule has 0 aliphatic rings. The average molecular weight is 451 g/mol. The molecule has 0 radical (unpaired) electrons. The Bertz CT molecular complexity index is 970. The van der Waals surface area contributed by atoms with Crippen molar-refractivity contribution in [2.24, 2.45) is 0 Å². The Labute approximate surface area is 199 Å². The third kappa shape index (κ3) is 8.80. The van der Waals surface area contributed by atoms with E-state index in [4.69, 9.17) is 14.2 Å². The van der Waals surface area contributed by atoms with Gasteiger partial charge in [0.1, 0.15) is 28.5 Å². The second kappa shape index (κ2) is 11.2. The highest BCUT2D eigenvalue weighted by atomic mass is 16.5. The molecule has 0 amide bonds. The molecule has 0 aliphatic carbocycles. The Hall–Kier alpha value is -3.01. The monoisotopic (exact) mass is 450 g/mol. The summed E-state index contributed by atoms with van der Waals surface area (Å²) in [5.74, 6) is 2.11. The lowest BCUT2D eigenvalue weighted by molar-refractivity contribution is 0.104. The van der Waals surface area contributed by atoms with E-state index >= 15 is 0 Å². The van der Waals surface area contributed by atoms with Crippen molar-refractivity contribution >= 4 is 11.9 Å². The van der Waals surface area contributed by atoms with Crippen LogP contribution in [0, 0.1) is 0 Å². The molecule has 0 unspecified atom stereocenters. The molecule has 0 atom stereocenters. The predicted octanol–water partition coefficient (Wildman–Crippen LogP) is 7.45. The van der Waals surface area contributed by atoms with Crippen LogP contribution < -0.4 is 14.2 Å². The predicted molar refractivity (Wildman–Crippen MR) is 137 cm³/mol. The molecule has 33 heavy (non-hydrogen) atoms. The van der Waals surface area contributed by atoms with Gasteiger partial charge in [-0.3, -0.25) is 4.79 Å². The number of ether oxygens (including phenoxy) is 3. The van der Waals surface area contributed by atoms with Crippen molar-refractivity contribution in [3.05, 3.63) is 71.8 Å². The Morgan fingerprint density at radius 2 is 1.55 bits per heavy atom. The zero-order valence-electron chi connectivity index (χ0n) is 21.2. The van der Waals surface area contributed by atoms with E-state index in [9.17, 15) is 4.79 Å². The summed E-state index contributed by atoms with van der Waals surface area (Å²) in [5, 5.41) is 0. The smallest absolute Gasteiger partial charge is 0.185 e. The summed E-state index contributed by atoms with van der Waals surface area (Å²) in [6, 6.07) is 11.1. The minimum absolute atomic E-state index is 0.0842. The maximum atomic E-state index is 12.8. The van der Waals surface area contributed by atoms with Crippen LogP contribution in [0.3, 0.4) is 0 Å². The molecule has 2 aromatic carbocycles. The van der Waals surface area contributed by atoms with Gasteiger partial charge in [0.15, 0.2) is 5.78 Å². The number of carbonyl (C=O) groups excluding carboxylic acids is 1. The molecule has 0 aliphatic heterocycles. The van der Waals surface area contributed by atoms with Crippen molar-refractivity contribution in [2.75, 3.05) is 6.61 Å². The summed E-state index contributed by atoms with van der Waals surface area (Å²) in [4.78, 5) is 12.8. The quantitative estimate of drug-likeness (QED) is 0.214. The maximum Gasteiger partial charge on any atom is 0.185 e. The molecule has 0 spiro atoms. The van der Waals surface area contributed by atoms with E-state index in [0.717, 1.165) is 29.0 Å². The summed E-state index contributed by atoms with van der Waals surface area (Å²) in [5.41, 5.74) is 1.66. The zero-order valence-corrected chi connectivity index (χ0v) is 21.2. The minimum Gasteiger partial charge on any atom is -0.494 e. The molecule has 4 heteroatoms. The third-order valence-corrected chi connectivity index (χ3v) is 4.42. The number of rotatable bonds is 10. The summed E-state index contributed by atoms with van der Waals surface area (Å²) < 4.78 is 18.0. The van der Waals surface area contributed by atoms with Crippen LogP contribution in [0.5, 0.6) is 17.2 Å². The molecule has 2 rings (SSSR count). The second-order valence-electron chi connectivity index (χ2n) is 9.99. The van der Waals surface area contributed by atoms with Crippen LogP contribution in [-0.4, -0.2) is 23.6 Å². The number of allylic oxidation sites excluding steroid dienone is 2. The summed E-state index contributed by atoms with van der Waals surface area (Å²) in [6.07, 6.45) is 6.81. The first-order valence-electron chi connectivity index (χ1n) is 11.5. The van der Waals surface area contributed by atoms with E-state index in [1.165, 1.54) is 0 Å². The molecule has 0 aromatic heterocycles. The van der Waals surface area contributed by atoms with E-state index in [1.807, 2.05) is 71.9 Å². The highest BCUT2D eigenvalue weighted by Crippen LogP contribution is 2.35. The molecular weight excluding hydrogens is 412 g/mol. The molecule has 0 heterocycles. The second-order valence-corrected chi connectivity index (χ2v) is 9.99. The summed E-state index contributed by atoms with van der Waals surface area (Å²) >= 11 is 0. The third-order valence-electron chi connectivity index (χ3n) is 4.42. The van der Waals surface area contributed by atoms with Crippen molar-refractivity contribution in [2.45, 2.75) is 72.5 Å². The van der Waals surface area contributed by atoms with E-state index in [-0.39, 0.29) is 11.4 Å². The average Bonchev–Trinajstić information content (AvgIpc) is 2.71. The number of hydrogen-bond acceptors (Lipinski definition) is 4. The van der Waals surface area contributed by atoms with Crippen molar-refractivity contribution in [1.82, 2.24) is 0 Å². The molecule has 0 saturated carbocycles. The molecule has 2 aromatic rings. The van der Waals surface area contributed by atoms with Crippen molar-refractivity contribution in [3.63, 3.8) is 0 Å². The fraction of sp³-hybridized carbons (Fsp3) is 0.414. The summed E-state index contributed by atoms with van der Waals surface area (Å²) in [6.45, 7) is 18.6. The number of carbonyl (C=O) groups is 1. The first kappa shape index (κ1) is 26.2.